The second kappa shape index (κ2) is 4.49. The molecule has 1 N–H and O–H groups in total. The van der Waals surface area contributed by atoms with Crippen molar-refractivity contribution in [3.8, 4) is 0 Å². The largest absolute Gasteiger partial charge is 0.392 e. The molecule has 0 bridgehead atoms. The molecule has 0 saturated carbocycles. The van der Waals surface area contributed by atoms with Crippen LogP contribution < -0.4 is 0 Å². The fourth-order valence-electron chi connectivity index (χ4n) is 1.95. The Hall–Kier alpha value is -1.35. The number of rotatable bonds is 3. The number of hydrogen-bond acceptors (Lipinski definition) is 2. The zero-order chi connectivity index (χ0) is 12.5. The highest BCUT2D eigenvalue weighted by atomic mass is 16.3. The monoisotopic (exact) mass is 232 g/mol. The van der Waals surface area contributed by atoms with Crippen LogP contribution >= 0.6 is 0 Å². The summed E-state index contributed by atoms with van der Waals surface area (Å²) in [6.45, 7) is 7.72. The van der Waals surface area contributed by atoms with Gasteiger partial charge in [-0.3, -0.25) is 0 Å². The van der Waals surface area contributed by atoms with Gasteiger partial charge < -0.3 is 9.67 Å². The second-order valence-electron chi connectivity index (χ2n) is 5.69. The molecule has 2 aromatic heterocycles. The highest BCUT2D eigenvalue weighted by molar-refractivity contribution is 5.80. The summed E-state index contributed by atoms with van der Waals surface area (Å²) >= 11 is 0. The van der Waals surface area contributed by atoms with E-state index >= 15 is 0 Å². The van der Waals surface area contributed by atoms with Crippen LogP contribution in [0, 0.1) is 5.41 Å². The van der Waals surface area contributed by atoms with E-state index in [1.807, 2.05) is 18.3 Å². The van der Waals surface area contributed by atoms with Gasteiger partial charge in [0.2, 0.25) is 0 Å². The van der Waals surface area contributed by atoms with Crippen LogP contribution in [0.1, 0.15) is 32.8 Å². The second-order valence-corrected chi connectivity index (χ2v) is 5.69. The molecule has 17 heavy (non-hydrogen) atoms. The Kier molecular flexibility index (Phi) is 3.20. The smallest absolute Gasteiger partial charge is 0.140 e. The zero-order valence-electron chi connectivity index (χ0n) is 10.8. The lowest BCUT2D eigenvalue weighted by molar-refractivity contribution is 0.282. The molecule has 0 unspecified atom stereocenters. The van der Waals surface area contributed by atoms with E-state index in [9.17, 15) is 5.11 Å². The van der Waals surface area contributed by atoms with Crippen molar-refractivity contribution in [2.45, 2.75) is 40.3 Å². The predicted molar refractivity (Wildman–Crippen MR) is 69.7 cm³/mol. The van der Waals surface area contributed by atoms with Gasteiger partial charge >= 0.3 is 0 Å². The van der Waals surface area contributed by atoms with Crippen molar-refractivity contribution in [2.75, 3.05) is 0 Å². The summed E-state index contributed by atoms with van der Waals surface area (Å²) in [7, 11) is 0. The molecule has 0 atom stereocenters. The molecular formula is C14H20N2O. The number of nitrogens with zero attached hydrogens (tertiary/aromatic N) is 2. The minimum absolute atomic E-state index is 0.0741. The molecule has 0 aliphatic rings. The topological polar surface area (TPSA) is 38.0 Å². The van der Waals surface area contributed by atoms with E-state index in [0.717, 1.165) is 29.6 Å². The van der Waals surface area contributed by atoms with Gasteiger partial charge in [0.15, 0.2) is 0 Å². The summed E-state index contributed by atoms with van der Waals surface area (Å²) in [5, 5.41) is 10.4. The predicted octanol–water partition coefficient (Wildman–Crippen LogP) is 2.96. The number of pyridine rings is 1. The Labute approximate surface area is 102 Å². The van der Waals surface area contributed by atoms with Gasteiger partial charge in [-0.1, -0.05) is 20.8 Å². The first-order valence-electron chi connectivity index (χ1n) is 6.05. The summed E-state index contributed by atoms with van der Waals surface area (Å²) in [5.74, 6) is 0. The summed E-state index contributed by atoms with van der Waals surface area (Å²) in [6, 6.07) is 3.93. The first-order chi connectivity index (χ1) is 8.01. The van der Waals surface area contributed by atoms with Gasteiger partial charge in [-0.15, -0.1) is 0 Å². The first-order valence-corrected chi connectivity index (χ1v) is 6.05. The molecule has 0 radical (unpaired) electrons. The third-order valence-electron chi connectivity index (χ3n) is 2.99. The van der Waals surface area contributed by atoms with Gasteiger partial charge in [-0.2, -0.15) is 0 Å². The maximum absolute atomic E-state index is 9.34. The van der Waals surface area contributed by atoms with Gasteiger partial charge in [0.25, 0.3) is 0 Å². The molecule has 2 rings (SSSR count). The summed E-state index contributed by atoms with van der Waals surface area (Å²) < 4.78 is 2.14. The number of aliphatic hydroxyl groups excluding tert-OH is 1. The van der Waals surface area contributed by atoms with Gasteiger partial charge in [-0.25, -0.2) is 4.98 Å². The van der Waals surface area contributed by atoms with E-state index in [1.165, 1.54) is 0 Å². The Morgan fingerprint density at radius 1 is 1.35 bits per heavy atom. The SMILES string of the molecule is CC(C)(C)CCn1cc(CO)c2cccnc21. The Morgan fingerprint density at radius 2 is 2.12 bits per heavy atom. The van der Waals surface area contributed by atoms with Crippen molar-refractivity contribution < 1.29 is 5.11 Å². The van der Waals surface area contributed by atoms with Crippen molar-refractivity contribution >= 4 is 11.0 Å². The summed E-state index contributed by atoms with van der Waals surface area (Å²) in [5.41, 5.74) is 2.24. The maximum Gasteiger partial charge on any atom is 0.140 e. The molecule has 2 aromatic rings. The van der Waals surface area contributed by atoms with Crippen LogP contribution in [0.2, 0.25) is 0 Å². The first kappa shape index (κ1) is 12.1. The third-order valence-corrected chi connectivity index (χ3v) is 2.99. The number of aromatic nitrogens is 2. The lowest BCUT2D eigenvalue weighted by atomic mass is 9.92. The van der Waals surface area contributed by atoms with Crippen molar-refractivity contribution in [2.24, 2.45) is 5.41 Å². The van der Waals surface area contributed by atoms with Gasteiger partial charge in [0.05, 0.1) is 6.61 Å². The van der Waals surface area contributed by atoms with Crippen molar-refractivity contribution in [3.63, 3.8) is 0 Å². The summed E-state index contributed by atoms with van der Waals surface area (Å²) in [4.78, 5) is 4.40. The molecule has 0 aromatic carbocycles. The highest BCUT2D eigenvalue weighted by Crippen LogP contribution is 2.23. The lowest BCUT2D eigenvalue weighted by Gasteiger charge is -2.18. The lowest BCUT2D eigenvalue weighted by Crippen LogP contribution is -2.10. The number of fused-ring (bicyclic) bond motifs is 1. The van der Waals surface area contributed by atoms with Crippen molar-refractivity contribution in [1.82, 2.24) is 9.55 Å². The third kappa shape index (κ3) is 2.67. The van der Waals surface area contributed by atoms with Crippen LogP contribution in [0.5, 0.6) is 0 Å². The summed E-state index contributed by atoms with van der Waals surface area (Å²) in [6.07, 6.45) is 4.92. The van der Waals surface area contributed by atoms with Gasteiger partial charge in [0, 0.05) is 29.9 Å². The molecule has 3 heteroatoms. The van der Waals surface area contributed by atoms with Gasteiger partial charge in [0.1, 0.15) is 5.65 Å². The van der Waals surface area contributed by atoms with E-state index in [2.05, 4.69) is 30.3 Å². The van der Waals surface area contributed by atoms with Crippen LogP contribution in [0.25, 0.3) is 11.0 Å². The van der Waals surface area contributed by atoms with Crippen molar-refractivity contribution in [1.29, 1.82) is 0 Å². The minimum Gasteiger partial charge on any atom is -0.392 e. The normalized spacial score (nSPS) is 12.2. The molecule has 2 heterocycles. The zero-order valence-corrected chi connectivity index (χ0v) is 10.8. The molecule has 0 amide bonds. The maximum atomic E-state index is 9.34. The van der Waals surface area contributed by atoms with Crippen LogP contribution in [0.15, 0.2) is 24.5 Å². The average molecular weight is 232 g/mol. The quantitative estimate of drug-likeness (QED) is 0.883. The fourth-order valence-corrected chi connectivity index (χ4v) is 1.95. The molecule has 0 aliphatic carbocycles. The van der Waals surface area contributed by atoms with Crippen LogP contribution in [-0.2, 0) is 13.2 Å². The fraction of sp³-hybridized carbons (Fsp3) is 0.500. The average Bonchev–Trinajstić information content (AvgIpc) is 2.64. The van der Waals surface area contributed by atoms with E-state index in [4.69, 9.17) is 0 Å². The van der Waals surface area contributed by atoms with Crippen molar-refractivity contribution in [3.05, 3.63) is 30.1 Å². The van der Waals surface area contributed by atoms with Gasteiger partial charge in [-0.05, 0) is 24.0 Å². The number of aliphatic hydroxyl groups is 1. The molecule has 92 valence electrons. The standard InChI is InChI=1S/C14H20N2O/c1-14(2,3)6-8-16-9-11(10-17)12-5-4-7-15-13(12)16/h4-5,7,9,17H,6,8,10H2,1-3H3. The van der Waals surface area contributed by atoms with Crippen LogP contribution in [-0.4, -0.2) is 14.7 Å². The number of hydrogen-bond donors (Lipinski definition) is 1. The molecule has 0 saturated heterocycles. The highest BCUT2D eigenvalue weighted by Gasteiger charge is 2.13. The van der Waals surface area contributed by atoms with E-state index in [1.54, 1.807) is 6.20 Å². The van der Waals surface area contributed by atoms with E-state index in [0.29, 0.717) is 5.41 Å². The Balaban J connectivity index is 2.34. The molecule has 3 nitrogen and oxygen atoms in total. The van der Waals surface area contributed by atoms with E-state index in [-0.39, 0.29) is 6.61 Å². The Bertz CT molecular complexity index is 508. The molecule has 0 aliphatic heterocycles. The Morgan fingerprint density at radius 3 is 2.76 bits per heavy atom. The molecular weight excluding hydrogens is 212 g/mol. The minimum atomic E-state index is 0.0741. The molecule has 0 spiro atoms. The van der Waals surface area contributed by atoms with Crippen LogP contribution in [0.4, 0.5) is 0 Å². The van der Waals surface area contributed by atoms with E-state index < -0.39 is 0 Å². The molecule has 0 fully saturated rings. The number of aryl methyl sites for hydroxylation is 1. The van der Waals surface area contributed by atoms with Crippen LogP contribution in [0.3, 0.4) is 0 Å².